The normalized spacial score (nSPS) is 22.3. The minimum atomic E-state index is 0.370. The van der Waals surface area contributed by atoms with E-state index in [0.717, 1.165) is 13.1 Å². The molecule has 0 atom stereocenters. The van der Waals surface area contributed by atoms with Gasteiger partial charge in [0.15, 0.2) is 0 Å². The summed E-state index contributed by atoms with van der Waals surface area (Å²) in [5.41, 5.74) is 2.04. The highest BCUT2D eigenvalue weighted by Crippen LogP contribution is 2.71. The van der Waals surface area contributed by atoms with Crippen molar-refractivity contribution in [2.75, 3.05) is 6.54 Å². The Morgan fingerprint density at radius 2 is 1.94 bits per heavy atom. The molecule has 1 aromatic heterocycles. The fourth-order valence-corrected chi connectivity index (χ4v) is 2.81. The number of imidazole rings is 1. The standard InChI is InChI=1S/C13H23N3/c1-6-14-7-10-8-15-9-16(10)11-12(2,3)13(11,4)5/h8-9,11,14H,6-7H2,1-5H3. The van der Waals surface area contributed by atoms with Crippen LogP contribution in [0.15, 0.2) is 12.5 Å². The lowest BCUT2D eigenvalue weighted by atomic mass is 10.0. The fourth-order valence-electron chi connectivity index (χ4n) is 2.81. The molecule has 0 aliphatic heterocycles. The summed E-state index contributed by atoms with van der Waals surface area (Å²) in [6, 6.07) is 0.580. The van der Waals surface area contributed by atoms with Crippen LogP contribution in [0.25, 0.3) is 0 Å². The molecule has 2 rings (SSSR count). The molecule has 90 valence electrons. The number of hydrogen-bond acceptors (Lipinski definition) is 2. The minimum absolute atomic E-state index is 0.370. The summed E-state index contributed by atoms with van der Waals surface area (Å²) in [6.45, 7) is 13.4. The molecule has 0 amide bonds. The Bertz CT molecular complexity index is 362. The molecule has 0 unspecified atom stereocenters. The maximum Gasteiger partial charge on any atom is 0.0951 e. The predicted molar refractivity (Wildman–Crippen MR) is 66.2 cm³/mol. The minimum Gasteiger partial charge on any atom is -0.329 e. The van der Waals surface area contributed by atoms with Crippen LogP contribution in [-0.2, 0) is 6.54 Å². The van der Waals surface area contributed by atoms with Crippen LogP contribution in [0.1, 0.15) is 46.4 Å². The molecular formula is C13H23N3. The molecule has 3 heteroatoms. The van der Waals surface area contributed by atoms with E-state index in [1.807, 2.05) is 12.5 Å². The first-order chi connectivity index (χ1) is 7.43. The first kappa shape index (κ1) is 11.6. The summed E-state index contributed by atoms with van der Waals surface area (Å²) in [6.07, 6.45) is 3.96. The highest BCUT2D eigenvalue weighted by atomic mass is 15.2. The third-order valence-corrected chi connectivity index (χ3v) is 4.53. The monoisotopic (exact) mass is 221 g/mol. The Morgan fingerprint density at radius 3 is 2.44 bits per heavy atom. The Labute approximate surface area is 98.3 Å². The SMILES string of the molecule is CCNCc1cncn1C1C(C)(C)C1(C)C. The summed E-state index contributed by atoms with van der Waals surface area (Å²) >= 11 is 0. The van der Waals surface area contributed by atoms with Crippen molar-refractivity contribution in [3.63, 3.8) is 0 Å². The summed E-state index contributed by atoms with van der Waals surface area (Å²) in [5.74, 6) is 0. The molecule has 16 heavy (non-hydrogen) atoms. The molecule has 0 spiro atoms. The quantitative estimate of drug-likeness (QED) is 0.847. The molecule has 1 aromatic rings. The van der Waals surface area contributed by atoms with Crippen molar-refractivity contribution >= 4 is 0 Å². The van der Waals surface area contributed by atoms with Gasteiger partial charge in [0.25, 0.3) is 0 Å². The zero-order valence-electron chi connectivity index (χ0n) is 11.0. The lowest BCUT2D eigenvalue weighted by Crippen LogP contribution is -2.15. The first-order valence-corrected chi connectivity index (χ1v) is 6.14. The Morgan fingerprint density at radius 1 is 1.31 bits per heavy atom. The second-order valence-corrected chi connectivity index (χ2v) is 5.92. The van der Waals surface area contributed by atoms with Crippen LogP contribution in [0.4, 0.5) is 0 Å². The van der Waals surface area contributed by atoms with Gasteiger partial charge < -0.3 is 9.88 Å². The molecule has 1 aliphatic rings. The number of aromatic nitrogens is 2. The number of hydrogen-bond donors (Lipinski definition) is 1. The maximum absolute atomic E-state index is 4.29. The fraction of sp³-hybridized carbons (Fsp3) is 0.769. The van der Waals surface area contributed by atoms with E-state index in [1.54, 1.807) is 0 Å². The largest absolute Gasteiger partial charge is 0.329 e. The van der Waals surface area contributed by atoms with E-state index in [-0.39, 0.29) is 0 Å². The van der Waals surface area contributed by atoms with E-state index in [2.05, 4.69) is 49.5 Å². The van der Waals surface area contributed by atoms with Crippen LogP contribution >= 0.6 is 0 Å². The smallest absolute Gasteiger partial charge is 0.0951 e. The van der Waals surface area contributed by atoms with Gasteiger partial charge in [0, 0.05) is 18.8 Å². The summed E-state index contributed by atoms with van der Waals surface area (Å²) in [5, 5.41) is 3.37. The van der Waals surface area contributed by atoms with E-state index in [9.17, 15) is 0 Å². The van der Waals surface area contributed by atoms with Gasteiger partial charge in [0.1, 0.15) is 0 Å². The molecule has 0 radical (unpaired) electrons. The van der Waals surface area contributed by atoms with Crippen molar-refractivity contribution in [2.24, 2.45) is 10.8 Å². The Hall–Kier alpha value is -0.830. The zero-order valence-corrected chi connectivity index (χ0v) is 11.0. The van der Waals surface area contributed by atoms with Crippen LogP contribution < -0.4 is 5.32 Å². The molecule has 3 nitrogen and oxygen atoms in total. The average Bonchev–Trinajstić information content (AvgIpc) is 2.55. The van der Waals surface area contributed by atoms with Gasteiger partial charge in [0.05, 0.1) is 12.0 Å². The van der Waals surface area contributed by atoms with Gasteiger partial charge in [-0.2, -0.15) is 0 Å². The highest BCUT2D eigenvalue weighted by Gasteiger charge is 2.66. The Kier molecular flexibility index (Phi) is 2.61. The second kappa shape index (κ2) is 3.59. The van der Waals surface area contributed by atoms with Crippen LogP contribution in [0, 0.1) is 10.8 Å². The van der Waals surface area contributed by atoms with Crippen LogP contribution in [0.2, 0.25) is 0 Å². The molecule has 1 heterocycles. The van der Waals surface area contributed by atoms with Gasteiger partial charge in [-0.1, -0.05) is 34.6 Å². The summed E-state index contributed by atoms with van der Waals surface area (Å²) < 4.78 is 2.35. The van der Waals surface area contributed by atoms with E-state index in [4.69, 9.17) is 0 Å². The molecule has 0 saturated heterocycles. The van der Waals surface area contributed by atoms with Crippen molar-refractivity contribution in [1.82, 2.24) is 14.9 Å². The average molecular weight is 221 g/mol. The van der Waals surface area contributed by atoms with E-state index >= 15 is 0 Å². The van der Waals surface area contributed by atoms with E-state index in [0.29, 0.717) is 16.9 Å². The second-order valence-electron chi connectivity index (χ2n) is 5.92. The molecule has 1 saturated carbocycles. The maximum atomic E-state index is 4.29. The molecule has 0 bridgehead atoms. The Balaban J connectivity index is 2.20. The van der Waals surface area contributed by atoms with Crippen LogP contribution in [0.5, 0.6) is 0 Å². The molecule has 1 aliphatic carbocycles. The lowest BCUT2D eigenvalue weighted by Gasteiger charge is -2.10. The van der Waals surface area contributed by atoms with Gasteiger partial charge in [-0.25, -0.2) is 4.98 Å². The van der Waals surface area contributed by atoms with Gasteiger partial charge in [0.2, 0.25) is 0 Å². The molecule has 0 aromatic carbocycles. The van der Waals surface area contributed by atoms with Crippen molar-refractivity contribution in [3.05, 3.63) is 18.2 Å². The third-order valence-electron chi connectivity index (χ3n) is 4.53. The van der Waals surface area contributed by atoms with E-state index in [1.165, 1.54) is 5.69 Å². The van der Waals surface area contributed by atoms with Gasteiger partial charge >= 0.3 is 0 Å². The number of rotatable bonds is 4. The predicted octanol–water partition coefficient (Wildman–Crippen LogP) is 2.60. The van der Waals surface area contributed by atoms with Gasteiger partial charge in [-0.3, -0.25) is 0 Å². The lowest BCUT2D eigenvalue weighted by molar-refractivity contribution is 0.457. The molecule has 1 fully saturated rings. The highest BCUT2D eigenvalue weighted by molar-refractivity contribution is 5.19. The first-order valence-electron chi connectivity index (χ1n) is 6.14. The summed E-state index contributed by atoms with van der Waals surface area (Å²) in [7, 11) is 0. The van der Waals surface area contributed by atoms with Crippen molar-refractivity contribution < 1.29 is 0 Å². The number of nitrogens with zero attached hydrogens (tertiary/aromatic N) is 2. The third kappa shape index (κ3) is 1.49. The van der Waals surface area contributed by atoms with Crippen LogP contribution in [0.3, 0.4) is 0 Å². The van der Waals surface area contributed by atoms with Crippen molar-refractivity contribution in [3.8, 4) is 0 Å². The topological polar surface area (TPSA) is 29.9 Å². The van der Waals surface area contributed by atoms with Crippen LogP contribution in [-0.4, -0.2) is 16.1 Å². The van der Waals surface area contributed by atoms with E-state index < -0.39 is 0 Å². The van der Waals surface area contributed by atoms with Gasteiger partial charge in [-0.15, -0.1) is 0 Å². The van der Waals surface area contributed by atoms with Crippen molar-refractivity contribution in [1.29, 1.82) is 0 Å². The molecular weight excluding hydrogens is 198 g/mol. The van der Waals surface area contributed by atoms with Gasteiger partial charge in [-0.05, 0) is 17.4 Å². The van der Waals surface area contributed by atoms with Crippen molar-refractivity contribution in [2.45, 2.75) is 47.2 Å². The number of nitrogens with one attached hydrogen (secondary N) is 1. The summed E-state index contributed by atoms with van der Waals surface area (Å²) in [4.78, 5) is 4.29. The zero-order chi connectivity index (χ0) is 12.0. The molecule has 1 N–H and O–H groups in total.